The summed E-state index contributed by atoms with van der Waals surface area (Å²) < 4.78 is 2.69. The number of nitrogens with zero attached hydrogens (tertiary/aromatic N) is 3. The molecule has 3 nitrogen and oxygen atoms in total. The molecule has 4 heteroatoms. The van der Waals surface area contributed by atoms with Crippen molar-refractivity contribution in [3.63, 3.8) is 0 Å². The van der Waals surface area contributed by atoms with Crippen molar-refractivity contribution < 1.29 is 0 Å². The summed E-state index contributed by atoms with van der Waals surface area (Å²) in [4.78, 5) is 11.2. The monoisotopic (exact) mass is 709 g/mol. The maximum absolute atomic E-state index is 5.70. The molecule has 0 fully saturated rings. The first-order chi connectivity index (χ1) is 26.8. The lowest BCUT2D eigenvalue weighted by Gasteiger charge is -2.42. The molecule has 0 saturated heterocycles. The van der Waals surface area contributed by atoms with E-state index in [1.807, 2.05) is 0 Å². The highest BCUT2D eigenvalue weighted by Crippen LogP contribution is 2.51. The van der Waals surface area contributed by atoms with E-state index in [9.17, 15) is 0 Å². The summed E-state index contributed by atoms with van der Waals surface area (Å²) in [6, 6.07) is 48.9. The summed E-state index contributed by atoms with van der Waals surface area (Å²) in [6.45, 7) is 10.1. The zero-order valence-electron chi connectivity index (χ0n) is 32.1. The first-order valence-electron chi connectivity index (χ1n) is 20.1. The fraction of sp³-hybridized carbons (Fsp3) is 0.216. The molecule has 2 unspecified atom stereocenters. The molecule has 0 saturated carbocycles. The minimum Gasteiger partial charge on any atom is -0.321 e. The Labute approximate surface area is 324 Å². The second-order valence-electron chi connectivity index (χ2n) is 17.5. The summed E-state index contributed by atoms with van der Waals surface area (Å²) in [5.74, 6) is 3.38. The van der Waals surface area contributed by atoms with Crippen molar-refractivity contribution in [1.82, 2.24) is 4.57 Å². The molecule has 1 aliphatic carbocycles. The van der Waals surface area contributed by atoms with Crippen LogP contribution in [0, 0.1) is 5.92 Å². The van der Waals surface area contributed by atoms with Crippen molar-refractivity contribution in [3.05, 3.63) is 173 Å². The lowest BCUT2D eigenvalue weighted by Crippen LogP contribution is -2.42. The summed E-state index contributed by atoms with van der Waals surface area (Å²) >= 11 is 0. The summed E-state index contributed by atoms with van der Waals surface area (Å²) in [5, 5.41) is 3.90. The molecule has 0 radical (unpaired) electrons. The van der Waals surface area contributed by atoms with Crippen LogP contribution in [0.2, 0.25) is 6.32 Å². The van der Waals surface area contributed by atoms with Crippen LogP contribution in [-0.2, 0) is 10.8 Å². The van der Waals surface area contributed by atoms with Crippen LogP contribution in [0.15, 0.2) is 149 Å². The predicted molar refractivity (Wildman–Crippen MR) is 233 cm³/mol. The number of benzene rings is 6. The molecule has 7 aromatic rings. The van der Waals surface area contributed by atoms with E-state index in [1.165, 1.54) is 84.7 Å². The molecular weight excluding hydrogens is 665 g/mol. The smallest absolute Gasteiger partial charge is 0.224 e. The Morgan fingerprint density at radius 1 is 0.655 bits per heavy atom. The number of hydrogen-bond donors (Lipinski definition) is 0. The summed E-state index contributed by atoms with van der Waals surface area (Å²) in [6.07, 6.45) is 5.74. The Morgan fingerprint density at radius 2 is 1.38 bits per heavy atom. The van der Waals surface area contributed by atoms with Crippen LogP contribution >= 0.6 is 0 Å². The average molecular weight is 710 g/mol. The van der Waals surface area contributed by atoms with Gasteiger partial charge in [-0.2, -0.15) is 0 Å². The first kappa shape index (κ1) is 32.7. The van der Waals surface area contributed by atoms with E-state index in [-0.39, 0.29) is 29.5 Å². The highest BCUT2D eigenvalue weighted by molar-refractivity contribution is 6.81. The largest absolute Gasteiger partial charge is 0.321 e. The Balaban J connectivity index is 1.12. The van der Waals surface area contributed by atoms with Crippen LogP contribution in [0.4, 0.5) is 0 Å². The van der Waals surface area contributed by atoms with Crippen LogP contribution in [0.3, 0.4) is 0 Å². The average Bonchev–Trinajstić information content (AvgIpc) is 3.76. The Bertz CT molecular complexity index is 2790. The van der Waals surface area contributed by atoms with Crippen molar-refractivity contribution >= 4 is 51.6 Å². The Hall–Kier alpha value is -5.74. The Kier molecular flexibility index (Phi) is 7.06. The zero-order chi connectivity index (χ0) is 37.1. The van der Waals surface area contributed by atoms with Crippen molar-refractivity contribution in [2.75, 3.05) is 0 Å². The van der Waals surface area contributed by atoms with Gasteiger partial charge in [0.25, 0.3) is 0 Å². The quantitative estimate of drug-likeness (QED) is 0.164. The topological polar surface area (TPSA) is 29.6 Å². The van der Waals surface area contributed by atoms with Crippen LogP contribution in [0.5, 0.6) is 0 Å². The molecule has 0 spiro atoms. The van der Waals surface area contributed by atoms with Crippen LogP contribution in [0.25, 0.3) is 44.6 Å². The fourth-order valence-electron chi connectivity index (χ4n) is 10.5. The number of aliphatic imine (C=N–C) groups is 2. The second kappa shape index (κ2) is 11.9. The van der Waals surface area contributed by atoms with Crippen LogP contribution in [0.1, 0.15) is 80.0 Å². The summed E-state index contributed by atoms with van der Waals surface area (Å²) in [5.41, 5.74) is 15.8. The van der Waals surface area contributed by atoms with Crippen molar-refractivity contribution in [1.29, 1.82) is 0 Å². The van der Waals surface area contributed by atoms with Crippen molar-refractivity contribution in [2.24, 2.45) is 15.9 Å². The van der Waals surface area contributed by atoms with Gasteiger partial charge in [-0.05, 0) is 73.9 Å². The van der Waals surface area contributed by atoms with Crippen molar-refractivity contribution in [2.45, 2.75) is 63.7 Å². The lowest BCUT2D eigenvalue weighted by atomic mass is 9.43. The lowest BCUT2D eigenvalue weighted by molar-refractivity contribution is 0.334. The molecular formula is C51H44BN3. The van der Waals surface area contributed by atoms with Gasteiger partial charge in [-0.3, -0.25) is 4.99 Å². The predicted octanol–water partition coefficient (Wildman–Crippen LogP) is 11.7. The van der Waals surface area contributed by atoms with Crippen LogP contribution < -0.4 is 5.59 Å². The van der Waals surface area contributed by atoms with E-state index in [2.05, 4.69) is 178 Å². The molecule has 0 bridgehead atoms. The molecule has 0 N–H and O–H groups in total. The highest BCUT2D eigenvalue weighted by Gasteiger charge is 2.45. The number of hydrogen-bond acceptors (Lipinski definition) is 2. The molecule has 6 aromatic carbocycles. The number of para-hydroxylation sites is 1. The number of fused-ring (bicyclic) bond motifs is 10. The van der Waals surface area contributed by atoms with Gasteiger partial charge in [0.15, 0.2) is 5.84 Å². The van der Waals surface area contributed by atoms with E-state index < -0.39 is 0 Å². The third-order valence-electron chi connectivity index (χ3n) is 13.4. The van der Waals surface area contributed by atoms with Gasteiger partial charge in [0.2, 0.25) is 6.71 Å². The Morgan fingerprint density at radius 3 is 2.24 bits per heavy atom. The minimum atomic E-state index is -0.0938. The maximum atomic E-state index is 5.70. The third kappa shape index (κ3) is 4.90. The SMILES string of the molecule is CC1(C)CCC(C)(C)c2c1ccc1c3c4n(c21)-c1ccccc1C1N=C(c2ccc(-c5cccc6ccccc56)cc2)N=C(c2ccccc2)C1CB4C=C3. The van der Waals surface area contributed by atoms with Gasteiger partial charge in [-0.15, -0.1) is 5.98 Å². The normalized spacial score (nSPS) is 20.2. The van der Waals surface area contributed by atoms with E-state index >= 15 is 0 Å². The fourth-order valence-corrected chi connectivity index (χ4v) is 10.5. The molecule has 1 aromatic heterocycles. The standard InChI is InChI=1S/C51H44BN3/c1-50(2)28-29-51(3,4)44-42(50)26-25-38-39-27-30-52-31-41-45(34-14-6-5-7-15-34)53-49(54-46(41)40-18-10-11-20-43(40)55(47(38)44)48(39)52)35-23-21-33(22-24-35)37-19-12-16-32-13-8-9-17-36(32)37/h5-27,30,41,46H,28-29,31H2,1-4H3. The summed E-state index contributed by atoms with van der Waals surface area (Å²) in [7, 11) is 0. The molecule has 4 aliphatic rings. The molecule has 0 amide bonds. The number of amidine groups is 1. The van der Waals surface area contributed by atoms with Crippen molar-refractivity contribution in [3.8, 4) is 16.8 Å². The number of aromatic nitrogens is 1. The molecule has 4 heterocycles. The van der Waals surface area contributed by atoms with Gasteiger partial charge in [0.1, 0.15) is 0 Å². The minimum absolute atomic E-state index is 0.0660. The molecule has 266 valence electrons. The van der Waals surface area contributed by atoms with Gasteiger partial charge in [-0.25, -0.2) is 4.99 Å². The number of rotatable bonds is 3. The molecule has 3 aliphatic heterocycles. The van der Waals surface area contributed by atoms with Gasteiger partial charge in [0, 0.05) is 28.0 Å². The van der Waals surface area contributed by atoms with Gasteiger partial charge in [-0.1, -0.05) is 167 Å². The molecule has 11 rings (SSSR count). The van der Waals surface area contributed by atoms with E-state index in [4.69, 9.17) is 9.98 Å². The van der Waals surface area contributed by atoms with Gasteiger partial charge < -0.3 is 4.57 Å². The molecule has 55 heavy (non-hydrogen) atoms. The van der Waals surface area contributed by atoms with E-state index in [1.54, 1.807) is 0 Å². The third-order valence-corrected chi connectivity index (χ3v) is 13.4. The van der Waals surface area contributed by atoms with E-state index in [0.717, 1.165) is 23.4 Å². The zero-order valence-corrected chi connectivity index (χ0v) is 32.1. The van der Waals surface area contributed by atoms with Gasteiger partial charge in [0.05, 0.1) is 23.0 Å². The van der Waals surface area contributed by atoms with E-state index in [0.29, 0.717) is 0 Å². The highest BCUT2D eigenvalue weighted by atomic mass is 15.0. The first-order valence-corrected chi connectivity index (χ1v) is 20.1. The van der Waals surface area contributed by atoms with Crippen LogP contribution in [-0.4, -0.2) is 22.8 Å². The van der Waals surface area contributed by atoms with Gasteiger partial charge >= 0.3 is 0 Å². The second-order valence-corrected chi connectivity index (χ2v) is 17.5. The maximum Gasteiger partial charge on any atom is 0.224 e. The molecule has 2 atom stereocenters.